The highest BCUT2D eigenvalue weighted by Gasteiger charge is 2.23. The Balaban J connectivity index is 1.89. The van der Waals surface area contributed by atoms with Crippen LogP contribution in [0.2, 0.25) is 5.02 Å². The first-order valence-corrected chi connectivity index (χ1v) is 7.64. The van der Waals surface area contributed by atoms with Crippen LogP contribution in [-0.4, -0.2) is 33.8 Å². The molecule has 2 aromatic rings. The molecule has 3 rings (SSSR count). The van der Waals surface area contributed by atoms with Crippen LogP contribution in [0.5, 0.6) is 0 Å². The molecule has 0 bridgehead atoms. The average Bonchev–Trinajstić information content (AvgIpc) is 3.11. The maximum Gasteiger partial charge on any atom is 0.257 e. The molecule has 1 N–H and O–H groups in total. The van der Waals surface area contributed by atoms with Crippen LogP contribution >= 0.6 is 11.6 Å². The number of amides is 1. The summed E-state index contributed by atoms with van der Waals surface area (Å²) in [6, 6.07) is 1.60. The Kier molecular flexibility index (Phi) is 4.02. The summed E-state index contributed by atoms with van der Waals surface area (Å²) >= 11 is 5.89. The van der Waals surface area contributed by atoms with Crippen molar-refractivity contribution in [2.45, 2.75) is 19.8 Å². The van der Waals surface area contributed by atoms with Gasteiger partial charge in [0, 0.05) is 32.5 Å². The molecule has 0 saturated carbocycles. The van der Waals surface area contributed by atoms with Crippen LogP contribution in [0.3, 0.4) is 0 Å². The molecule has 3 heterocycles. The summed E-state index contributed by atoms with van der Waals surface area (Å²) in [5.74, 6) is 0.604. The first-order chi connectivity index (χ1) is 10.6. The topological polar surface area (TPSA) is 63.1 Å². The Morgan fingerprint density at radius 2 is 2.05 bits per heavy atom. The first kappa shape index (κ1) is 14.8. The molecule has 2 aromatic heterocycles. The van der Waals surface area contributed by atoms with E-state index >= 15 is 0 Å². The molecule has 116 valence electrons. The van der Waals surface area contributed by atoms with Crippen molar-refractivity contribution < 1.29 is 4.79 Å². The Hall–Kier alpha value is -2.08. The van der Waals surface area contributed by atoms with Crippen molar-refractivity contribution in [1.29, 1.82) is 0 Å². The fourth-order valence-corrected chi connectivity index (χ4v) is 2.78. The molecule has 1 saturated heterocycles. The number of carbonyl (C=O) groups excluding carboxylic acids is 1. The summed E-state index contributed by atoms with van der Waals surface area (Å²) < 4.78 is 1.79. The molecule has 0 unspecified atom stereocenters. The van der Waals surface area contributed by atoms with Crippen molar-refractivity contribution in [3.63, 3.8) is 0 Å². The highest BCUT2D eigenvalue weighted by Crippen LogP contribution is 2.31. The van der Waals surface area contributed by atoms with Crippen LogP contribution in [0.25, 0.3) is 0 Å². The lowest BCUT2D eigenvalue weighted by Crippen LogP contribution is -2.21. The summed E-state index contributed by atoms with van der Waals surface area (Å²) in [5, 5.41) is 7.94. The minimum absolute atomic E-state index is 0.230. The second-order valence-corrected chi connectivity index (χ2v) is 5.88. The molecule has 1 amide bonds. The Labute approximate surface area is 134 Å². The zero-order valence-electron chi connectivity index (χ0n) is 12.6. The third kappa shape index (κ3) is 2.78. The maximum absolute atomic E-state index is 12.4. The van der Waals surface area contributed by atoms with Crippen LogP contribution in [0.4, 0.5) is 11.5 Å². The minimum atomic E-state index is -0.230. The number of rotatable bonds is 3. The Morgan fingerprint density at radius 3 is 2.73 bits per heavy atom. The smallest absolute Gasteiger partial charge is 0.257 e. The first-order valence-electron chi connectivity index (χ1n) is 7.26. The second-order valence-electron chi connectivity index (χ2n) is 5.45. The number of anilines is 2. The van der Waals surface area contributed by atoms with E-state index in [0.717, 1.165) is 43.1 Å². The third-order valence-electron chi connectivity index (χ3n) is 3.93. The lowest BCUT2D eigenvalue weighted by atomic mass is 10.2. The Morgan fingerprint density at radius 1 is 1.32 bits per heavy atom. The van der Waals surface area contributed by atoms with Gasteiger partial charge in [-0.15, -0.1) is 0 Å². The number of nitrogens with one attached hydrogen (secondary N) is 1. The fraction of sp³-hybridized carbons (Fsp3) is 0.400. The lowest BCUT2D eigenvalue weighted by Gasteiger charge is -2.16. The van der Waals surface area contributed by atoms with Gasteiger partial charge in [-0.05, 0) is 25.8 Å². The molecular weight excluding hydrogens is 302 g/mol. The standard InChI is InChI=1S/C15H18ClN5O/c1-10-13(14(19-20(10)2)21-5-3-4-6-21)18-15(22)11-7-12(16)9-17-8-11/h7-9H,3-6H2,1-2H3,(H,18,22). The van der Waals surface area contributed by atoms with Gasteiger partial charge >= 0.3 is 0 Å². The molecule has 0 atom stereocenters. The predicted octanol–water partition coefficient (Wildman–Crippen LogP) is 2.63. The lowest BCUT2D eigenvalue weighted by molar-refractivity contribution is 0.102. The summed E-state index contributed by atoms with van der Waals surface area (Å²) in [7, 11) is 1.88. The zero-order chi connectivity index (χ0) is 15.7. The molecule has 0 radical (unpaired) electrons. The maximum atomic E-state index is 12.4. The van der Waals surface area contributed by atoms with E-state index in [1.165, 1.54) is 12.4 Å². The van der Waals surface area contributed by atoms with Gasteiger partial charge in [0.05, 0.1) is 16.3 Å². The van der Waals surface area contributed by atoms with E-state index in [1.807, 2.05) is 14.0 Å². The summed E-state index contributed by atoms with van der Waals surface area (Å²) in [5.41, 5.74) is 2.11. The van der Waals surface area contributed by atoms with E-state index in [2.05, 4.69) is 20.3 Å². The third-order valence-corrected chi connectivity index (χ3v) is 4.13. The van der Waals surface area contributed by atoms with Crippen molar-refractivity contribution >= 4 is 29.0 Å². The Bertz CT molecular complexity index is 706. The molecule has 0 aliphatic carbocycles. The van der Waals surface area contributed by atoms with Crippen molar-refractivity contribution in [2.75, 3.05) is 23.3 Å². The van der Waals surface area contributed by atoms with Crippen molar-refractivity contribution in [3.05, 3.63) is 34.7 Å². The van der Waals surface area contributed by atoms with E-state index in [0.29, 0.717) is 10.6 Å². The molecular formula is C15H18ClN5O. The quantitative estimate of drug-likeness (QED) is 0.944. The molecule has 1 fully saturated rings. The van der Waals surface area contributed by atoms with Gasteiger partial charge in [-0.1, -0.05) is 11.6 Å². The van der Waals surface area contributed by atoms with Crippen LogP contribution in [0.1, 0.15) is 28.9 Å². The summed E-state index contributed by atoms with van der Waals surface area (Å²) in [6.07, 6.45) is 5.31. The van der Waals surface area contributed by atoms with Crippen LogP contribution < -0.4 is 10.2 Å². The second kappa shape index (κ2) is 5.96. The van der Waals surface area contributed by atoms with E-state index < -0.39 is 0 Å². The highest BCUT2D eigenvalue weighted by molar-refractivity contribution is 6.30. The largest absolute Gasteiger partial charge is 0.353 e. The number of pyridine rings is 1. The van der Waals surface area contributed by atoms with E-state index in [4.69, 9.17) is 11.6 Å². The van der Waals surface area contributed by atoms with Crippen molar-refractivity contribution in [2.24, 2.45) is 7.05 Å². The van der Waals surface area contributed by atoms with Gasteiger partial charge in [0.2, 0.25) is 0 Å². The van der Waals surface area contributed by atoms with E-state index in [-0.39, 0.29) is 5.91 Å². The van der Waals surface area contributed by atoms with Gasteiger partial charge in [-0.25, -0.2) is 0 Å². The van der Waals surface area contributed by atoms with Gasteiger partial charge < -0.3 is 10.2 Å². The molecule has 1 aliphatic heterocycles. The van der Waals surface area contributed by atoms with E-state index in [9.17, 15) is 4.79 Å². The number of aromatic nitrogens is 3. The van der Waals surface area contributed by atoms with Gasteiger partial charge in [-0.2, -0.15) is 5.10 Å². The molecule has 0 spiro atoms. The van der Waals surface area contributed by atoms with Crippen LogP contribution in [-0.2, 0) is 7.05 Å². The van der Waals surface area contributed by atoms with Crippen LogP contribution in [0, 0.1) is 6.92 Å². The number of nitrogens with zero attached hydrogens (tertiary/aromatic N) is 4. The summed E-state index contributed by atoms with van der Waals surface area (Å²) in [4.78, 5) is 18.6. The molecule has 1 aliphatic rings. The highest BCUT2D eigenvalue weighted by atomic mass is 35.5. The average molecular weight is 320 g/mol. The van der Waals surface area contributed by atoms with Gasteiger partial charge in [-0.3, -0.25) is 14.5 Å². The number of carbonyl (C=O) groups is 1. The minimum Gasteiger partial charge on any atom is -0.353 e. The molecule has 7 heteroatoms. The SMILES string of the molecule is Cc1c(NC(=O)c2cncc(Cl)c2)c(N2CCCC2)nn1C. The number of halogens is 1. The predicted molar refractivity (Wildman–Crippen MR) is 86.6 cm³/mol. The fourth-order valence-electron chi connectivity index (χ4n) is 2.61. The van der Waals surface area contributed by atoms with Gasteiger partial charge in [0.25, 0.3) is 5.91 Å². The van der Waals surface area contributed by atoms with Crippen molar-refractivity contribution in [3.8, 4) is 0 Å². The summed E-state index contributed by atoms with van der Waals surface area (Å²) in [6.45, 7) is 3.88. The normalized spacial score (nSPS) is 14.4. The number of aryl methyl sites for hydroxylation is 1. The molecule has 6 nitrogen and oxygen atoms in total. The zero-order valence-corrected chi connectivity index (χ0v) is 13.4. The van der Waals surface area contributed by atoms with Crippen LogP contribution in [0.15, 0.2) is 18.5 Å². The monoisotopic (exact) mass is 319 g/mol. The van der Waals surface area contributed by atoms with E-state index in [1.54, 1.807) is 10.7 Å². The number of hydrogen-bond acceptors (Lipinski definition) is 4. The molecule has 22 heavy (non-hydrogen) atoms. The molecule has 0 aromatic carbocycles. The number of hydrogen-bond donors (Lipinski definition) is 1. The van der Waals surface area contributed by atoms with Gasteiger partial charge in [0.15, 0.2) is 5.82 Å². The van der Waals surface area contributed by atoms with Gasteiger partial charge in [0.1, 0.15) is 5.69 Å². The van der Waals surface area contributed by atoms with Crippen molar-refractivity contribution in [1.82, 2.24) is 14.8 Å².